The highest BCUT2D eigenvalue weighted by atomic mass is 16.6. The van der Waals surface area contributed by atoms with Gasteiger partial charge >= 0.3 is 23.9 Å². The highest BCUT2D eigenvalue weighted by Crippen LogP contribution is 2.58. The van der Waals surface area contributed by atoms with E-state index in [2.05, 4.69) is 17.6 Å². The van der Waals surface area contributed by atoms with Crippen LogP contribution in [0.3, 0.4) is 0 Å². The zero-order chi connectivity index (χ0) is 36.3. The minimum atomic E-state index is -0.712. The van der Waals surface area contributed by atoms with E-state index in [9.17, 15) is 19.2 Å². The van der Waals surface area contributed by atoms with Gasteiger partial charge in [0.15, 0.2) is 0 Å². The van der Waals surface area contributed by atoms with Crippen LogP contribution >= 0.6 is 0 Å². The number of hydrogen-bond donors (Lipinski definition) is 2. The fourth-order valence-corrected chi connectivity index (χ4v) is 10.4. The van der Waals surface area contributed by atoms with E-state index in [1.807, 2.05) is 0 Å². The smallest absolute Gasteiger partial charge is 0.324 e. The zero-order valence-corrected chi connectivity index (χ0v) is 32.1. The Kier molecular flexibility index (Phi) is 14.7. The van der Waals surface area contributed by atoms with Crippen LogP contribution in [0.25, 0.3) is 0 Å². The molecular weight excluding hydrogens is 660 g/mol. The summed E-state index contributed by atoms with van der Waals surface area (Å²) in [6.45, 7) is 3.61. The second kappa shape index (κ2) is 19.4. The molecule has 0 aromatic carbocycles. The molecule has 6 unspecified atom stereocenters. The van der Waals surface area contributed by atoms with Gasteiger partial charge < -0.3 is 29.6 Å². The lowest BCUT2D eigenvalue weighted by atomic mass is 9.71. The van der Waals surface area contributed by atoms with Crippen molar-refractivity contribution in [1.82, 2.24) is 10.6 Å². The molecule has 6 aliphatic rings. The zero-order valence-electron chi connectivity index (χ0n) is 32.1. The Morgan fingerprint density at radius 2 is 0.962 bits per heavy atom. The molecule has 0 heterocycles. The summed E-state index contributed by atoms with van der Waals surface area (Å²) in [5, 5.41) is 7.00. The van der Waals surface area contributed by atoms with Gasteiger partial charge in [-0.25, -0.2) is 0 Å². The number of nitrogens with one attached hydrogen (secondary N) is 2. The third-order valence-electron chi connectivity index (χ3n) is 13.6. The van der Waals surface area contributed by atoms with Crippen molar-refractivity contribution in [2.75, 3.05) is 13.1 Å². The molecule has 0 aromatic heterocycles. The Morgan fingerprint density at radius 1 is 0.558 bits per heavy atom. The van der Waals surface area contributed by atoms with Crippen LogP contribution in [0.5, 0.6) is 0 Å². The fourth-order valence-electron chi connectivity index (χ4n) is 10.4. The molecule has 6 saturated carbocycles. The van der Waals surface area contributed by atoms with E-state index in [1.54, 1.807) is 0 Å². The van der Waals surface area contributed by atoms with Gasteiger partial charge in [0.1, 0.15) is 36.5 Å². The number of carbonyl (C=O) groups excluding carboxylic acids is 4. The molecule has 2 N–H and O–H groups in total. The van der Waals surface area contributed by atoms with Crippen molar-refractivity contribution in [3.8, 4) is 0 Å². The molecule has 0 aliphatic heterocycles. The number of esters is 4. The average Bonchev–Trinajstić information content (AvgIpc) is 3.70. The minimum Gasteiger partial charge on any atom is -0.462 e. The first kappa shape index (κ1) is 39.5. The van der Waals surface area contributed by atoms with E-state index in [0.717, 1.165) is 122 Å². The Morgan fingerprint density at radius 3 is 1.37 bits per heavy atom. The lowest BCUT2D eigenvalue weighted by Gasteiger charge is -2.38. The molecule has 6 aliphatic carbocycles. The van der Waals surface area contributed by atoms with Gasteiger partial charge in [0, 0.05) is 6.54 Å². The molecule has 0 radical (unpaired) electrons. The van der Waals surface area contributed by atoms with Crippen molar-refractivity contribution >= 4 is 23.9 Å². The molecule has 6 atom stereocenters. The van der Waals surface area contributed by atoms with Crippen LogP contribution in [0.4, 0.5) is 0 Å². The summed E-state index contributed by atoms with van der Waals surface area (Å²) < 4.78 is 23.6. The van der Waals surface area contributed by atoms with Gasteiger partial charge in [0.05, 0.1) is 12.8 Å². The van der Waals surface area contributed by atoms with Crippen molar-refractivity contribution < 1.29 is 38.1 Å². The van der Waals surface area contributed by atoms with E-state index in [-0.39, 0.29) is 66.5 Å². The third kappa shape index (κ3) is 11.4. The third-order valence-corrected chi connectivity index (χ3v) is 13.6. The first-order valence-corrected chi connectivity index (χ1v) is 21.5. The molecule has 10 heteroatoms. The normalized spacial score (nSPS) is 30.4. The molecular formula is C42H68N2O8. The predicted molar refractivity (Wildman–Crippen MR) is 197 cm³/mol. The summed E-state index contributed by atoms with van der Waals surface area (Å²) in [7, 11) is 0. The number of fused-ring (bicyclic) bond motifs is 2. The lowest BCUT2D eigenvalue weighted by Crippen LogP contribution is -2.48. The van der Waals surface area contributed by atoms with Crippen LogP contribution in [0, 0.1) is 23.2 Å². The van der Waals surface area contributed by atoms with Crippen LogP contribution in [-0.2, 0) is 38.1 Å². The van der Waals surface area contributed by atoms with E-state index < -0.39 is 12.1 Å². The largest absolute Gasteiger partial charge is 0.462 e. The van der Waals surface area contributed by atoms with Gasteiger partial charge in [0.25, 0.3) is 0 Å². The molecule has 2 bridgehead atoms. The molecule has 6 fully saturated rings. The van der Waals surface area contributed by atoms with E-state index in [1.165, 1.54) is 25.7 Å². The Balaban J connectivity index is 1.01. The quantitative estimate of drug-likeness (QED) is 0.124. The monoisotopic (exact) mass is 728 g/mol. The lowest BCUT2D eigenvalue weighted by molar-refractivity contribution is -0.160. The van der Waals surface area contributed by atoms with Crippen LogP contribution in [0.2, 0.25) is 0 Å². The number of hydrogen-bond acceptors (Lipinski definition) is 10. The Bertz CT molecular complexity index is 1170. The summed E-state index contributed by atoms with van der Waals surface area (Å²) >= 11 is 0. The average molecular weight is 729 g/mol. The summed E-state index contributed by atoms with van der Waals surface area (Å²) in [6, 6.07) is -1.41. The molecule has 52 heavy (non-hydrogen) atoms. The first-order chi connectivity index (χ1) is 25.2. The summed E-state index contributed by atoms with van der Waals surface area (Å²) in [4.78, 5) is 53.1. The van der Waals surface area contributed by atoms with Gasteiger partial charge in [-0.15, -0.1) is 0 Å². The topological polar surface area (TPSA) is 129 Å². The Hall–Kier alpha value is -2.20. The molecule has 6 rings (SSSR count). The van der Waals surface area contributed by atoms with Gasteiger partial charge in [-0.1, -0.05) is 32.6 Å². The maximum atomic E-state index is 13.5. The van der Waals surface area contributed by atoms with Crippen molar-refractivity contribution in [3.63, 3.8) is 0 Å². The van der Waals surface area contributed by atoms with Crippen LogP contribution in [-0.4, -0.2) is 73.5 Å². The number of carbonyl (C=O) groups is 4. The second-order valence-electron chi connectivity index (χ2n) is 17.7. The predicted octanol–water partition coefficient (Wildman–Crippen LogP) is 7.24. The SMILES string of the molecule is CC1(CNC(CC(=O)OC2CCCCC2)C(=O)OC2CCCCC2)CC2CC1CC2CNC(CC(=O)OC1CCCCC1)C(=O)OC1CCCCC1. The van der Waals surface area contributed by atoms with Gasteiger partial charge in [-0.2, -0.15) is 0 Å². The van der Waals surface area contributed by atoms with Crippen LogP contribution < -0.4 is 10.6 Å². The van der Waals surface area contributed by atoms with Crippen molar-refractivity contribution in [2.24, 2.45) is 23.2 Å². The standard InChI is InChI=1S/C42H68N2O8/c1-42(28-44-37(41(48)52-35-20-12-5-13-21-35)25-39(46)50-33-16-8-3-9-17-33)26-29-22-31(42)23-30(29)27-43-36(40(47)51-34-18-10-4-11-19-34)24-38(45)49-32-14-6-2-7-15-32/h29-37,43-44H,2-28H2,1H3. The molecule has 0 amide bonds. The van der Waals surface area contributed by atoms with E-state index in [4.69, 9.17) is 18.9 Å². The highest BCUT2D eigenvalue weighted by Gasteiger charge is 2.52. The van der Waals surface area contributed by atoms with Crippen molar-refractivity contribution in [3.05, 3.63) is 0 Å². The molecule has 294 valence electrons. The fraction of sp³-hybridized carbons (Fsp3) is 0.905. The summed E-state index contributed by atoms with van der Waals surface area (Å²) in [6.07, 6.45) is 23.5. The van der Waals surface area contributed by atoms with Crippen molar-refractivity contribution in [1.29, 1.82) is 0 Å². The van der Waals surface area contributed by atoms with Crippen LogP contribution in [0.1, 0.15) is 167 Å². The maximum absolute atomic E-state index is 13.5. The van der Waals surface area contributed by atoms with Crippen molar-refractivity contribution in [2.45, 2.75) is 204 Å². The molecule has 0 saturated heterocycles. The molecule has 0 spiro atoms. The van der Waals surface area contributed by atoms with Crippen LogP contribution in [0.15, 0.2) is 0 Å². The second-order valence-corrected chi connectivity index (χ2v) is 17.7. The minimum absolute atomic E-state index is 0.000298. The first-order valence-electron chi connectivity index (χ1n) is 21.5. The Labute approximate surface area is 312 Å². The van der Waals surface area contributed by atoms with Gasteiger partial charge in [-0.3, -0.25) is 19.2 Å². The van der Waals surface area contributed by atoms with Gasteiger partial charge in [-0.05, 0) is 152 Å². The maximum Gasteiger partial charge on any atom is 0.324 e. The van der Waals surface area contributed by atoms with Gasteiger partial charge in [0.2, 0.25) is 0 Å². The highest BCUT2D eigenvalue weighted by molar-refractivity contribution is 5.83. The summed E-state index contributed by atoms with van der Waals surface area (Å²) in [5.41, 5.74) is -0.0130. The van der Waals surface area contributed by atoms with E-state index in [0.29, 0.717) is 30.8 Å². The molecule has 0 aromatic rings. The van der Waals surface area contributed by atoms with E-state index >= 15 is 0 Å². The molecule has 10 nitrogen and oxygen atoms in total. The number of ether oxygens (including phenoxy) is 4. The number of rotatable bonds is 16. The summed E-state index contributed by atoms with van der Waals surface area (Å²) in [5.74, 6) is 0.0776.